The SMILES string of the molecule is COC(CN1C(=O)NC(C)(C)C1=O)OC. The molecule has 1 N–H and O–H groups in total. The number of ether oxygens (including phenoxy) is 2. The van der Waals surface area contributed by atoms with Crippen LogP contribution in [0.4, 0.5) is 4.79 Å². The summed E-state index contributed by atoms with van der Waals surface area (Å²) in [5.41, 5.74) is -0.844. The van der Waals surface area contributed by atoms with Crippen molar-refractivity contribution in [3.8, 4) is 0 Å². The molecule has 0 aromatic rings. The first-order chi connectivity index (χ1) is 6.92. The van der Waals surface area contributed by atoms with Crippen LogP contribution in [0.2, 0.25) is 0 Å². The summed E-state index contributed by atoms with van der Waals surface area (Å²) in [5, 5.41) is 2.57. The quantitative estimate of drug-likeness (QED) is 0.528. The van der Waals surface area contributed by atoms with Gasteiger partial charge in [0.15, 0.2) is 6.29 Å². The number of carbonyl (C=O) groups excluding carboxylic acids is 2. The summed E-state index contributed by atoms with van der Waals surface area (Å²) in [6.45, 7) is 3.41. The second kappa shape index (κ2) is 4.16. The normalized spacial score (nSPS) is 19.9. The highest BCUT2D eigenvalue weighted by atomic mass is 16.7. The van der Waals surface area contributed by atoms with Crippen molar-refractivity contribution in [2.24, 2.45) is 0 Å². The van der Waals surface area contributed by atoms with Crippen LogP contribution >= 0.6 is 0 Å². The zero-order valence-corrected chi connectivity index (χ0v) is 9.36. The van der Waals surface area contributed by atoms with Gasteiger partial charge in [-0.1, -0.05) is 0 Å². The summed E-state index contributed by atoms with van der Waals surface area (Å²) >= 11 is 0. The molecule has 3 amide bonds. The van der Waals surface area contributed by atoms with E-state index in [9.17, 15) is 9.59 Å². The van der Waals surface area contributed by atoms with Gasteiger partial charge in [0.2, 0.25) is 0 Å². The van der Waals surface area contributed by atoms with Gasteiger partial charge >= 0.3 is 6.03 Å². The van der Waals surface area contributed by atoms with Crippen LogP contribution in [0, 0.1) is 0 Å². The topological polar surface area (TPSA) is 67.9 Å². The molecule has 6 nitrogen and oxygen atoms in total. The van der Waals surface area contributed by atoms with Gasteiger partial charge in [-0.25, -0.2) is 4.79 Å². The smallest absolute Gasteiger partial charge is 0.325 e. The summed E-state index contributed by atoms with van der Waals surface area (Å²) < 4.78 is 9.86. The van der Waals surface area contributed by atoms with E-state index in [0.29, 0.717) is 0 Å². The Balaban J connectivity index is 2.71. The van der Waals surface area contributed by atoms with Gasteiger partial charge in [0, 0.05) is 14.2 Å². The summed E-state index contributed by atoms with van der Waals surface area (Å²) in [6, 6.07) is -0.413. The molecule has 1 fully saturated rings. The predicted octanol–water partition coefficient (Wildman–Crippen LogP) is -0.0643. The van der Waals surface area contributed by atoms with E-state index in [1.807, 2.05) is 0 Å². The molecule has 0 saturated carbocycles. The maximum absolute atomic E-state index is 11.7. The van der Waals surface area contributed by atoms with Crippen LogP contribution in [0.15, 0.2) is 0 Å². The molecule has 86 valence electrons. The lowest BCUT2D eigenvalue weighted by atomic mass is 10.1. The largest absolute Gasteiger partial charge is 0.354 e. The second-order valence-electron chi connectivity index (χ2n) is 3.87. The molecular formula is C9H16N2O4. The average Bonchev–Trinajstić information content (AvgIpc) is 2.35. The lowest BCUT2D eigenvalue weighted by molar-refractivity contribution is -0.140. The van der Waals surface area contributed by atoms with Crippen molar-refractivity contribution in [1.29, 1.82) is 0 Å². The Morgan fingerprint density at radius 1 is 1.33 bits per heavy atom. The molecule has 1 saturated heterocycles. The Labute approximate surface area is 88.5 Å². The van der Waals surface area contributed by atoms with E-state index < -0.39 is 17.9 Å². The van der Waals surface area contributed by atoms with Crippen LogP contribution in [0.1, 0.15) is 13.8 Å². The molecule has 0 unspecified atom stereocenters. The van der Waals surface area contributed by atoms with Gasteiger partial charge < -0.3 is 14.8 Å². The van der Waals surface area contributed by atoms with Crippen molar-refractivity contribution in [2.45, 2.75) is 25.7 Å². The lowest BCUT2D eigenvalue weighted by Gasteiger charge is -2.20. The minimum atomic E-state index is -0.844. The zero-order chi connectivity index (χ0) is 11.6. The number of carbonyl (C=O) groups is 2. The molecule has 0 atom stereocenters. The Morgan fingerprint density at radius 3 is 2.20 bits per heavy atom. The molecule has 0 bridgehead atoms. The highest BCUT2D eigenvalue weighted by Crippen LogP contribution is 2.17. The minimum Gasteiger partial charge on any atom is -0.354 e. The molecule has 6 heteroatoms. The van der Waals surface area contributed by atoms with E-state index in [2.05, 4.69) is 5.32 Å². The van der Waals surface area contributed by atoms with Crippen LogP contribution < -0.4 is 5.32 Å². The third-order valence-corrected chi connectivity index (χ3v) is 2.30. The van der Waals surface area contributed by atoms with E-state index in [0.717, 1.165) is 4.90 Å². The first kappa shape index (κ1) is 11.9. The van der Waals surface area contributed by atoms with Gasteiger partial charge in [0.1, 0.15) is 5.54 Å². The van der Waals surface area contributed by atoms with Gasteiger partial charge in [0.05, 0.1) is 6.54 Å². The standard InChI is InChI=1S/C9H16N2O4/c1-9(2)7(12)11(8(13)10-9)5-6(14-3)15-4/h6H,5H2,1-4H3,(H,10,13). The van der Waals surface area contributed by atoms with E-state index in [1.165, 1.54) is 14.2 Å². The number of hydrogen-bond acceptors (Lipinski definition) is 4. The lowest BCUT2D eigenvalue weighted by Crippen LogP contribution is -2.42. The summed E-state index contributed by atoms with van der Waals surface area (Å²) in [7, 11) is 2.91. The van der Waals surface area contributed by atoms with E-state index in [1.54, 1.807) is 13.8 Å². The molecule has 1 rings (SSSR count). The number of imide groups is 1. The van der Waals surface area contributed by atoms with E-state index in [-0.39, 0.29) is 12.5 Å². The fourth-order valence-corrected chi connectivity index (χ4v) is 1.38. The third-order valence-electron chi connectivity index (χ3n) is 2.30. The highest BCUT2D eigenvalue weighted by Gasteiger charge is 2.44. The molecule has 1 aliphatic heterocycles. The maximum atomic E-state index is 11.7. The predicted molar refractivity (Wildman–Crippen MR) is 52.1 cm³/mol. The number of hydrogen-bond donors (Lipinski definition) is 1. The number of urea groups is 1. The van der Waals surface area contributed by atoms with E-state index in [4.69, 9.17) is 9.47 Å². The molecule has 0 aromatic carbocycles. The van der Waals surface area contributed by atoms with Gasteiger partial charge in [0.25, 0.3) is 5.91 Å². The Bertz CT molecular complexity index is 273. The van der Waals surface area contributed by atoms with E-state index >= 15 is 0 Å². The summed E-state index contributed by atoms with van der Waals surface area (Å²) in [6.07, 6.45) is -0.589. The highest BCUT2D eigenvalue weighted by molar-refractivity contribution is 6.06. The van der Waals surface area contributed by atoms with Crippen LogP contribution in [0.3, 0.4) is 0 Å². The second-order valence-corrected chi connectivity index (χ2v) is 3.87. The number of rotatable bonds is 4. The van der Waals surface area contributed by atoms with Crippen molar-refractivity contribution in [1.82, 2.24) is 10.2 Å². The molecule has 0 spiro atoms. The van der Waals surface area contributed by atoms with Crippen LogP contribution in [0.25, 0.3) is 0 Å². The molecule has 1 aliphatic rings. The van der Waals surface area contributed by atoms with Crippen molar-refractivity contribution in [2.75, 3.05) is 20.8 Å². The molecule has 15 heavy (non-hydrogen) atoms. The van der Waals surface area contributed by atoms with Gasteiger partial charge in [-0.2, -0.15) is 0 Å². The first-order valence-corrected chi connectivity index (χ1v) is 4.62. The number of nitrogens with one attached hydrogen (secondary N) is 1. The van der Waals surface area contributed by atoms with Gasteiger partial charge in [-0.3, -0.25) is 9.69 Å². The molecular weight excluding hydrogens is 200 g/mol. The van der Waals surface area contributed by atoms with Crippen molar-refractivity contribution >= 4 is 11.9 Å². The van der Waals surface area contributed by atoms with Crippen LogP contribution in [0.5, 0.6) is 0 Å². The number of methoxy groups -OCH3 is 2. The number of nitrogens with zero attached hydrogens (tertiary/aromatic N) is 1. The molecule has 0 aromatic heterocycles. The van der Waals surface area contributed by atoms with Crippen molar-refractivity contribution in [3.05, 3.63) is 0 Å². The van der Waals surface area contributed by atoms with Crippen molar-refractivity contribution < 1.29 is 19.1 Å². The van der Waals surface area contributed by atoms with Crippen LogP contribution in [-0.4, -0.2) is 49.4 Å². The minimum absolute atomic E-state index is 0.0983. The fraction of sp³-hybridized carbons (Fsp3) is 0.778. The Hall–Kier alpha value is -1.14. The number of amides is 3. The van der Waals surface area contributed by atoms with Gasteiger partial charge in [-0.05, 0) is 13.8 Å². The monoisotopic (exact) mass is 216 g/mol. The van der Waals surface area contributed by atoms with Crippen molar-refractivity contribution in [3.63, 3.8) is 0 Å². The third kappa shape index (κ3) is 2.27. The Kier molecular flexibility index (Phi) is 3.31. The summed E-state index contributed by atoms with van der Waals surface area (Å²) in [4.78, 5) is 24.3. The average molecular weight is 216 g/mol. The summed E-state index contributed by atoms with van der Waals surface area (Å²) in [5.74, 6) is -0.272. The first-order valence-electron chi connectivity index (χ1n) is 4.62. The maximum Gasteiger partial charge on any atom is 0.325 e. The van der Waals surface area contributed by atoms with Crippen LogP contribution in [-0.2, 0) is 14.3 Å². The fourth-order valence-electron chi connectivity index (χ4n) is 1.38. The molecule has 0 radical (unpaired) electrons. The molecule has 1 heterocycles. The van der Waals surface area contributed by atoms with Gasteiger partial charge in [-0.15, -0.1) is 0 Å². The Morgan fingerprint density at radius 2 is 1.87 bits per heavy atom. The zero-order valence-electron chi connectivity index (χ0n) is 9.36. The molecule has 0 aliphatic carbocycles.